The van der Waals surface area contributed by atoms with Crippen LogP contribution in [-0.2, 0) is 9.52 Å². The number of fused-ring (bicyclic) bond motifs is 1. The number of aromatic hydroxyl groups is 1. The number of hydrogen-bond acceptors (Lipinski definition) is 6. The number of rotatable bonds is 7. The van der Waals surface area contributed by atoms with E-state index in [2.05, 4.69) is 10.8 Å². The summed E-state index contributed by atoms with van der Waals surface area (Å²) in [7, 11) is -1.95. The number of nitrogens with zero attached hydrogens (tertiary/aromatic N) is 1. The van der Waals surface area contributed by atoms with E-state index in [0.717, 1.165) is 51.6 Å². The van der Waals surface area contributed by atoms with Crippen LogP contribution in [0.2, 0.25) is 0 Å². The van der Waals surface area contributed by atoms with E-state index >= 15 is 0 Å². The zero-order valence-electron chi connectivity index (χ0n) is 19.5. The second kappa shape index (κ2) is 10.2. The Morgan fingerprint density at radius 1 is 1.03 bits per heavy atom. The average molecular weight is 500 g/mol. The fourth-order valence-corrected chi connectivity index (χ4v) is 7.84. The molecule has 0 radical (unpaired) electrons. The molecule has 5 rings (SSSR count). The first-order valence-electron chi connectivity index (χ1n) is 12.2. The molecule has 3 aromatic rings. The van der Waals surface area contributed by atoms with Crippen molar-refractivity contribution >= 4 is 36.8 Å². The van der Waals surface area contributed by atoms with Gasteiger partial charge in [0.15, 0.2) is 0 Å². The van der Waals surface area contributed by atoms with Crippen LogP contribution in [0.3, 0.4) is 0 Å². The Hall–Kier alpha value is -2.22. The van der Waals surface area contributed by atoms with Crippen molar-refractivity contribution in [3.63, 3.8) is 0 Å². The van der Waals surface area contributed by atoms with Crippen molar-refractivity contribution in [2.24, 2.45) is 0 Å². The van der Waals surface area contributed by atoms with Crippen molar-refractivity contribution in [3.05, 3.63) is 47.3 Å². The highest BCUT2D eigenvalue weighted by molar-refractivity contribution is 8.00. The number of thiophene rings is 1. The summed E-state index contributed by atoms with van der Waals surface area (Å²) in [6.45, 7) is 4.02. The number of hydrogen-bond donors (Lipinski definition) is 1. The topological polar surface area (TPSA) is 59.0 Å². The molecule has 0 aliphatic carbocycles. The zero-order valence-corrected chi connectivity index (χ0v) is 21.2. The SMILES string of the molecule is C=S1(=O)CCC(c2sc3cc(O)ccc3c2Oc2ccc(OCCN3CCCCC3)cc2)CC1. The summed E-state index contributed by atoms with van der Waals surface area (Å²) in [5.41, 5.74) is 0. The van der Waals surface area contributed by atoms with Crippen LogP contribution in [0.25, 0.3) is 10.1 Å². The lowest BCUT2D eigenvalue weighted by molar-refractivity contribution is 0.183. The van der Waals surface area contributed by atoms with Gasteiger partial charge in [-0.3, -0.25) is 9.11 Å². The quantitative estimate of drug-likeness (QED) is 0.413. The summed E-state index contributed by atoms with van der Waals surface area (Å²) >= 11 is 1.66. The molecule has 0 amide bonds. The van der Waals surface area contributed by atoms with Crippen LogP contribution in [0.5, 0.6) is 23.0 Å². The molecule has 2 aliphatic rings. The normalized spacial score (nSPS) is 23.7. The average Bonchev–Trinajstić information content (AvgIpc) is 3.18. The Kier molecular flexibility index (Phi) is 7.04. The lowest BCUT2D eigenvalue weighted by atomic mass is 9.99. The summed E-state index contributed by atoms with van der Waals surface area (Å²) in [4.78, 5) is 3.64. The molecule has 1 N–H and O–H groups in total. The number of likely N-dealkylation sites (tertiary alicyclic amines) is 1. The highest BCUT2D eigenvalue weighted by Crippen LogP contribution is 2.47. The van der Waals surface area contributed by atoms with Crippen molar-refractivity contribution in [2.75, 3.05) is 37.7 Å². The second-order valence-electron chi connectivity index (χ2n) is 9.45. The van der Waals surface area contributed by atoms with Gasteiger partial charge in [0.05, 0.1) is 4.88 Å². The standard InChI is InChI=1S/C27H33NO4S2/c1-34(30)17-11-20(12-18-34)27-26(24-10-5-21(29)19-25(24)33-27)32-23-8-6-22(7-9-23)31-16-15-28-13-3-2-4-14-28/h5-10,19-20,29H,1-4,11-18H2. The van der Waals surface area contributed by atoms with Gasteiger partial charge in [-0.05, 0) is 103 Å². The zero-order chi connectivity index (χ0) is 23.5. The van der Waals surface area contributed by atoms with Gasteiger partial charge in [0, 0.05) is 28.1 Å². The van der Waals surface area contributed by atoms with E-state index in [9.17, 15) is 9.32 Å². The lowest BCUT2D eigenvalue weighted by Crippen LogP contribution is -2.33. The molecule has 0 saturated carbocycles. The third-order valence-electron chi connectivity index (χ3n) is 6.87. The van der Waals surface area contributed by atoms with E-state index < -0.39 is 9.52 Å². The largest absolute Gasteiger partial charge is 0.508 e. The number of ether oxygens (including phenoxy) is 2. The van der Waals surface area contributed by atoms with Crippen LogP contribution in [0.4, 0.5) is 0 Å². The van der Waals surface area contributed by atoms with E-state index in [-0.39, 0.29) is 5.75 Å². The van der Waals surface area contributed by atoms with Gasteiger partial charge >= 0.3 is 0 Å². The molecular weight excluding hydrogens is 466 g/mol. The van der Waals surface area contributed by atoms with Gasteiger partial charge in [-0.1, -0.05) is 6.42 Å². The maximum Gasteiger partial charge on any atom is 0.149 e. The van der Waals surface area contributed by atoms with Gasteiger partial charge < -0.3 is 14.6 Å². The van der Waals surface area contributed by atoms with Crippen molar-refractivity contribution < 1.29 is 18.8 Å². The highest BCUT2D eigenvalue weighted by Gasteiger charge is 2.27. The summed E-state index contributed by atoms with van der Waals surface area (Å²) in [5, 5.41) is 11.0. The first-order valence-corrected chi connectivity index (χ1v) is 15.1. The maximum absolute atomic E-state index is 12.4. The van der Waals surface area contributed by atoms with Crippen LogP contribution >= 0.6 is 11.3 Å². The van der Waals surface area contributed by atoms with Gasteiger partial charge in [-0.15, -0.1) is 11.3 Å². The predicted octanol–water partition coefficient (Wildman–Crippen LogP) is 5.86. The van der Waals surface area contributed by atoms with Crippen LogP contribution in [0.15, 0.2) is 42.5 Å². The minimum Gasteiger partial charge on any atom is -0.508 e. The third kappa shape index (κ3) is 5.53. The maximum atomic E-state index is 12.4. The molecule has 1 aromatic heterocycles. The van der Waals surface area contributed by atoms with Gasteiger partial charge in [0.1, 0.15) is 29.6 Å². The molecule has 2 fully saturated rings. The van der Waals surface area contributed by atoms with Crippen LogP contribution in [0.1, 0.15) is 42.9 Å². The van der Waals surface area contributed by atoms with Crippen LogP contribution in [0, 0.1) is 0 Å². The Balaban J connectivity index is 1.30. The van der Waals surface area contributed by atoms with Gasteiger partial charge in [-0.25, -0.2) is 0 Å². The molecule has 2 aliphatic heterocycles. The van der Waals surface area contributed by atoms with Crippen molar-refractivity contribution in [1.82, 2.24) is 4.90 Å². The lowest BCUT2D eigenvalue weighted by Gasteiger charge is -2.26. The molecular formula is C27H33NO4S2. The van der Waals surface area contributed by atoms with E-state index in [1.807, 2.05) is 30.3 Å². The fourth-order valence-electron chi connectivity index (χ4n) is 4.87. The number of benzene rings is 2. The van der Waals surface area contributed by atoms with Crippen molar-refractivity contribution in [3.8, 4) is 23.0 Å². The summed E-state index contributed by atoms with van der Waals surface area (Å²) < 4.78 is 25.8. The van der Waals surface area contributed by atoms with E-state index in [0.29, 0.717) is 24.0 Å². The smallest absolute Gasteiger partial charge is 0.149 e. The van der Waals surface area contributed by atoms with E-state index in [4.69, 9.17) is 9.47 Å². The van der Waals surface area contributed by atoms with Gasteiger partial charge in [-0.2, -0.15) is 0 Å². The molecule has 0 atom stereocenters. The van der Waals surface area contributed by atoms with Crippen LogP contribution in [-0.4, -0.2) is 57.8 Å². The molecule has 2 saturated heterocycles. The van der Waals surface area contributed by atoms with Gasteiger partial charge in [0.25, 0.3) is 0 Å². The molecule has 34 heavy (non-hydrogen) atoms. The number of phenols is 1. The predicted molar refractivity (Wildman–Crippen MR) is 143 cm³/mol. The summed E-state index contributed by atoms with van der Waals surface area (Å²) in [6.07, 6.45) is 5.63. The minimum absolute atomic E-state index is 0.252. The Morgan fingerprint density at radius 2 is 1.74 bits per heavy atom. The Labute approximate surface area is 206 Å². The molecule has 0 bridgehead atoms. The first kappa shape index (κ1) is 23.5. The Morgan fingerprint density at radius 3 is 2.47 bits per heavy atom. The fraction of sp³-hybridized carbons (Fsp3) is 0.444. The number of piperidine rings is 1. The van der Waals surface area contributed by atoms with E-state index in [1.54, 1.807) is 23.5 Å². The molecule has 0 unspecified atom stereocenters. The summed E-state index contributed by atoms with van der Waals surface area (Å²) in [6, 6.07) is 13.2. The molecule has 5 nitrogen and oxygen atoms in total. The van der Waals surface area contributed by atoms with E-state index in [1.165, 1.54) is 32.4 Å². The molecule has 7 heteroatoms. The molecule has 182 valence electrons. The minimum atomic E-state index is -1.95. The van der Waals surface area contributed by atoms with Crippen molar-refractivity contribution in [2.45, 2.75) is 38.0 Å². The van der Waals surface area contributed by atoms with Crippen molar-refractivity contribution in [1.29, 1.82) is 0 Å². The summed E-state index contributed by atoms with van der Waals surface area (Å²) in [5.74, 6) is 8.22. The number of phenolic OH excluding ortho intramolecular Hbond substituents is 1. The first-order chi connectivity index (χ1) is 16.5. The molecule has 0 spiro atoms. The molecule has 3 heterocycles. The Bertz CT molecular complexity index is 1210. The second-order valence-corrected chi connectivity index (χ2v) is 13.3. The van der Waals surface area contributed by atoms with Crippen LogP contribution < -0.4 is 9.47 Å². The third-order valence-corrected chi connectivity index (χ3v) is 10.1. The van der Waals surface area contributed by atoms with Gasteiger partial charge in [0.2, 0.25) is 0 Å². The highest BCUT2D eigenvalue weighted by atomic mass is 32.2. The monoisotopic (exact) mass is 499 g/mol. The molecule has 2 aromatic carbocycles.